The highest BCUT2D eigenvalue weighted by Crippen LogP contribution is 2.46. The fraction of sp³-hybridized carbons (Fsp3) is 0.125. The van der Waals surface area contributed by atoms with E-state index in [1.54, 1.807) is 6.08 Å². The smallest absolute Gasteiger partial charge is 0.236 e. The summed E-state index contributed by atoms with van der Waals surface area (Å²) >= 11 is 0. The van der Waals surface area contributed by atoms with Crippen molar-refractivity contribution in [3.05, 3.63) is 78.9 Å². The van der Waals surface area contributed by atoms with Gasteiger partial charge in [0.15, 0.2) is 0 Å². The third kappa shape index (κ3) is 3.66. The Morgan fingerprint density at radius 3 is 2.16 bits per heavy atom. The molecule has 0 amide bonds. The monoisotopic (exact) mass is 272 g/mol. The molecule has 2 nitrogen and oxygen atoms in total. The number of rotatable bonds is 6. The van der Waals surface area contributed by atoms with Gasteiger partial charge in [-0.3, -0.25) is 4.57 Å². The summed E-state index contributed by atoms with van der Waals surface area (Å²) < 4.78 is 18.6. The topological polar surface area (TPSA) is 26.3 Å². The molecule has 2 rings (SSSR count). The minimum absolute atomic E-state index is 0.348. The molecule has 2 aromatic rings. The van der Waals surface area contributed by atoms with Crippen molar-refractivity contribution in [2.75, 3.05) is 6.16 Å². The van der Waals surface area contributed by atoms with Gasteiger partial charge in [-0.05, 0) is 17.7 Å². The molecule has 0 saturated heterocycles. The van der Waals surface area contributed by atoms with Gasteiger partial charge in [0.05, 0.1) is 6.61 Å². The van der Waals surface area contributed by atoms with Gasteiger partial charge in [0.25, 0.3) is 0 Å². The quantitative estimate of drug-likeness (QED) is 0.587. The largest absolute Gasteiger partial charge is 0.320 e. The van der Waals surface area contributed by atoms with Crippen LogP contribution in [-0.2, 0) is 15.7 Å². The maximum absolute atomic E-state index is 12.9. The van der Waals surface area contributed by atoms with Crippen LogP contribution in [-0.4, -0.2) is 6.16 Å². The van der Waals surface area contributed by atoms with E-state index in [2.05, 4.69) is 6.58 Å². The number of hydrogen-bond donors (Lipinski definition) is 0. The molecule has 98 valence electrons. The van der Waals surface area contributed by atoms with Gasteiger partial charge in [-0.1, -0.05) is 54.6 Å². The first-order valence-corrected chi connectivity index (χ1v) is 8.00. The van der Waals surface area contributed by atoms with Crippen molar-refractivity contribution >= 4 is 12.7 Å². The highest BCUT2D eigenvalue weighted by molar-refractivity contribution is 7.67. The average Bonchev–Trinajstić information content (AvgIpc) is 2.48. The average molecular weight is 272 g/mol. The van der Waals surface area contributed by atoms with Crippen LogP contribution >= 0.6 is 7.37 Å². The normalized spacial score (nSPS) is 13.7. The van der Waals surface area contributed by atoms with Crippen LogP contribution < -0.4 is 5.30 Å². The first-order valence-electron chi connectivity index (χ1n) is 6.19. The molecule has 0 aliphatic rings. The number of benzene rings is 2. The zero-order chi connectivity index (χ0) is 13.6. The van der Waals surface area contributed by atoms with E-state index in [4.69, 9.17) is 4.52 Å². The minimum atomic E-state index is -2.86. The maximum Gasteiger partial charge on any atom is 0.236 e. The van der Waals surface area contributed by atoms with Gasteiger partial charge in [-0.25, -0.2) is 0 Å². The molecular weight excluding hydrogens is 255 g/mol. The third-order valence-corrected chi connectivity index (χ3v) is 5.17. The van der Waals surface area contributed by atoms with Crippen molar-refractivity contribution in [1.29, 1.82) is 0 Å². The van der Waals surface area contributed by atoms with Gasteiger partial charge in [0, 0.05) is 11.5 Å². The van der Waals surface area contributed by atoms with E-state index in [9.17, 15) is 4.57 Å². The van der Waals surface area contributed by atoms with Crippen LogP contribution in [0.2, 0.25) is 0 Å². The lowest BCUT2D eigenvalue weighted by Crippen LogP contribution is -2.09. The molecule has 3 heteroatoms. The Morgan fingerprint density at radius 2 is 1.58 bits per heavy atom. The third-order valence-electron chi connectivity index (χ3n) is 2.80. The second-order valence-electron chi connectivity index (χ2n) is 4.24. The van der Waals surface area contributed by atoms with Crippen LogP contribution in [0.3, 0.4) is 0 Å². The molecule has 0 spiro atoms. The molecule has 0 radical (unpaired) electrons. The number of allylic oxidation sites excluding steroid dienone is 1. The van der Waals surface area contributed by atoms with E-state index in [-0.39, 0.29) is 0 Å². The van der Waals surface area contributed by atoms with Gasteiger partial charge in [0.2, 0.25) is 7.37 Å². The summed E-state index contributed by atoms with van der Waals surface area (Å²) in [5, 5.41) is 0.742. The summed E-state index contributed by atoms with van der Waals surface area (Å²) in [6.07, 6.45) is 2.00. The predicted octanol–water partition coefficient (Wildman–Crippen LogP) is 3.99. The second kappa shape index (κ2) is 6.51. The second-order valence-corrected chi connectivity index (χ2v) is 6.73. The highest BCUT2D eigenvalue weighted by atomic mass is 31.2. The molecule has 19 heavy (non-hydrogen) atoms. The summed E-state index contributed by atoms with van der Waals surface area (Å²) in [5.41, 5.74) is 1.02. The van der Waals surface area contributed by atoms with Gasteiger partial charge < -0.3 is 4.52 Å². The van der Waals surface area contributed by atoms with E-state index in [1.807, 2.05) is 60.7 Å². The summed E-state index contributed by atoms with van der Waals surface area (Å²) in [6.45, 7) is 4.02. The Labute approximate surface area is 114 Å². The van der Waals surface area contributed by atoms with Crippen LogP contribution in [0.4, 0.5) is 0 Å². The molecule has 0 aromatic heterocycles. The van der Waals surface area contributed by atoms with Gasteiger partial charge in [-0.15, -0.1) is 6.58 Å². The van der Waals surface area contributed by atoms with Gasteiger partial charge in [0.1, 0.15) is 0 Å². The summed E-state index contributed by atoms with van der Waals surface area (Å²) in [6, 6.07) is 19.1. The molecule has 0 aliphatic carbocycles. The fourth-order valence-electron chi connectivity index (χ4n) is 1.81. The Morgan fingerprint density at radius 1 is 1.00 bits per heavy atom. The fourth-order valence-corrected chi connectivity index (χ4v) is 3.60. The summed E-state index contributed by atoms with van der Waals surface area (Å²) in [5.74, 6) is 0. The molecule has 2 aromatic carbocycles. The maximum atomic E-state index is 12.9. The van der Waals surface area contributed by atoms with Gasteiger partial charge in [-0.2, -0.15) is 0 Å². The first kappa shape index (κ1) is 13.8. The highest BCUT2D eigenvalue weighted by Gasteiger charge is 2.23. The van der Waals surface area contributed by atoms with E-state index in [0.717, 1.165) is 10.9 Å². The van der Waals surface area contributed by atoms with Gasteiger partial charge >= 0.3 is 0 Å². The Hall–Kier alpha value is -1.63. The van der Waals surface area contributed by atoms with Crippen LogP contribution in [0.1, 0.15) is 5.56 Å². The zero-order valence-corrected chi connectivity index (χ0v) is 11.6. The van der Waals surface area contributed by atoms with Crippen LogP contribution in [0.25, 0.3) is 0 Å². The summed E-state index contributed by atoms with van der Waals surface area (Å²) in [7, 11) is -2.86. The molecular formula is C16H17O2P. The Bertz CT molecular complexity index is 564. The summed E-state index contributed by atoms with van der Waals surface area (Å²) in [4.78, 5) is 0. The van der Waals surface area contributed by atoms with Crippen molar-refractivity contribution in [2.45, 2.75) is 6.61 Å². The lowest BCUT2D eigenvalue weighted by Gasteiger charge is -2.17. The van der Waals surface area contributed by atoms with E-state index in [1.165, 1.54) is 0 Å². The molecule has 1 unspecified atom stereocenters. The van der Waals surface area contributed by atoms with Crippen molar-refractivity contribution in [1.82, 2.24) is 0 Å². The van der Waals surface area contributed by atoms with Crippen LogP contribution in [0.15, 0.2) is 73.3 Å². The SMILES string of the molecule is C=CCP(=O)(OCc1ccccc1)c1ccccc1. The molecule has 0 heterocycles. The molecule has 0 bridgehead atoms. The van der Waals surface area contributed by atoms with Crippen LogP contribution in [0.5, 0.6) is 0 Å². The van der Waals surface area contributed by atoms with Crippen molar-refractivity contribution in [2.24, 2.45) is 0 Å². The number of hydrogen-bond acceptors (Lipinski definition) is 2. The minimum Gasteiger partial charge on any atom is -0.320 e. The standard InChI is InChI=1S/C16H17O2P/c1-2-13-19(17,16-11-7-4-8-12-16)18-14-15-9-5-3-6-10-15/h2-12H,1,13-14H2. The predicted molar refractivity (Wildman–Crippen MR) is 80.0 cm³/mol. The molecule has 0 aliphatic heterocycles. The Kier molecular flexibility index (Phi) is 4.73. The zero-order valence-electron chi connectivity index (χ0n) is 10.7. The van der Waals surface area contributed by atoms with Crippen LogP contribution in [0, 0.1) is 0 Å². The Balaban J connectivity index is 2.17. The van der Waals surface area contributed by atoms with Crippen molar-refractivity contribution in [3.63, 3.8) is 0 Å². The van der Waals surface area contributed by atoms with E-state index < -0.39 is 7.37 Å². The van der Waals surface area contributed by atoms with Crippen molar-refractivity contribution in [3.8, 4) is 0 Å². The van der Waals surface area contributed by atoms with Crippen molar-refractivity contribution < 1.29 is 9.09 Å². The lowest BCUT2D eigenvalue weighted by atomic mass is 10.2. The molecule has 0 fully saturated rings. The van der Waals surface area contributed by atoms with E-state index in [0.29, 0.717) is 12.8 Å². The molecule has 0 saturated carbocycles. The molecule has 1 atom stereocenters. The molecule has 0 N–H and O–H groups in total. The van der Waals surface area contributed by atoms with E-state index >= 15 is 0 Å². The first-order chi connectivity index (χ1) is 9.24. The lowest BCUT2D eigenvalue weighted by molar-refractivity contribution is 0.311.